The molecule has 0 aliphatic rings. The second kappa shape index (κ2) is 5.16. The molecule has 1 nitrogen and oxygen atoms in total. The van der Waals surface area contributed by atoms with Crippen LogP contribution in [0, 0.1) is 0 Å². The molecule has 0 N–H and O–H groups in total. The van der Waals surface area contributed by atoms with Gasteiger partial charge in [0.25, 0.3) is 0 Å². The molecular formula is C14H12BrClOS. The lowest BCUT2D eigenvalue weighted by Gasteiger charge is -2.22. The van der Waals surface area contributed by atoms with Crippen LogP contribution < -0.4 is 0 Å². The lowest BCUT2D eigenvalue weighted by atomic mass is 9.80. The number of Topliss-reactive ketones (excluding diaryl/α,β-unsaturated/α-hetero) is 1. The predicted molar refractivity (Wildman–Crippen MR) is 80.8 cm³/mol. The average molecular weight is 344 g/mol. The summed E-state index contributed by atoms with van der Waals surface area (Å²) in [6.07, 6.45) is 0. The highest BCUT2D eigenvalue weighted by Crippen LogP contribution is 2.36. The first-order valence-electron chi connectivity index (χ1n) is 5.48. The highest BCUT2D eigenvalue weighted by atomic mass is 79.9. The summed E-state index contributed by atoms with van der Waals surface area (Å²) in [5.74, 6) is 0.0892. The number of thiophene rings is 1. The Balaban J connectivity index is 2.39. The summed E-state index contributed by atoms with van der Waals surface area (Å²) in [4.78, 5) is 13.2. The van der Waals surface area contributed by atoms with Crippen molar-refractivity contribution in [3.63, 3.8) is 0 Å². The van der Waals surface area contributed by atoms with Gasteiger partial charge in [0, 0.05) is 0 Å². The molecule has 1 aromatic heterocycles. The summed E-state index contributed by atoms with van der Waals surface area (Å²) in [5.41, 5.74) is 0.463. The van der Waals surface area contributed by atoms with Gasteiger partial charge in [0.2, 0.25) is 0 Å². The van der Waals surface area contributed by atoms with Crippen molar-refractivity contribution in [2.75, 3.05) is 0 Å². The van der Waals surface area contributed by atoms with Crippen molar-refractivity contribution in [3.05, 3.63) is 55.6 Å². The fourth-order valence-corrected chi connectivity index (χ4v) is 3.55. The van der Waals surface area contributed by atoms with Gasteiger partial charge >= 0.3 is 0 Å². The van der Waals surface area contributed by atoms with Crippen molar-refractivity contribution in [1.29, 1.82) is 0 Å². The highest BCUT2D eigenvalue weighted by Gasteiger charge is 2.31. The van der Waals surface area contributed by atoms with Crippen molar-refractivity contribution in [3.8, 4) is 0 Å². The number of ketones is 1. The molecular weight excluding hydrogens is 332 g/mol. The highest BCUT2D eigenvalue weighted by molar-refractivity contribution is 9.11. The fourth-order valence-electron chi connectivity index (χ4n) is 1.75. The van der Waals surface area contributed by atoms with Crippen LogP contribution in [0.2, 0.25) is 5.02 Å². The smallest absolute Gasteiger partial charge is 0.182 e. The monoisotopic (exact) mass is 342 g/mol. The van der Waals surface area contributed by atoms with E-state index in [4.69, 9.17) is 11.6 Å². The van der Waals surface area contributed by atoms with Crippen molar-refractivity contribution in [1.82, 2.24) is 0 Å². The maximum atomic E-state index is 12.6. The minimum absolute atomic E-state index is 0.0892. The van der Waals surface area contributed by atoms with Crippen LogP contribution in [0.15, 0.2) is 40.2 Å². The van der Waals surface area contributed by atoms with Gasteiger partial charge in [-0.1, -0.05) is 41.9 Å². The van der Waals surface area contributed by atoms with Crippen LogP contribution in [0.25, 0.3) is 0 Å². The van der Waals surface area contributed by atoms with Gasteiger partial charge in [-0.3, -0.25) is 4.79 Å². The summed E-state index contributed by atoms with van der Waals surface area (Å²) in [6.45, 7) is 3.87. The Hall–Kier alpha value is -0.640. The summed E-state index contributed by atoms with van der Waals surface area (Å²) in [7, 11) is 0. The third-order valence-electron chi connectivity index (χ3n) is 2.93. The number of hydrogen-bond donors (Lipinski definition) is 0. The Morgan fingerprint density at radius 3 is 2.39 bits per heavy atom. The van der Waals surface area contributed by atoms with Crippen molar-refractivity contribution >= 4 is 44.7 Å². The van der Waals surface area contributed by atoms with Gasteiger partial charge in [0.05, 0.1) is 19.1 Å². The summed E-state index contributed by atoms with van der Waals surface area (Å²) in [5, 5.41) is 0.590. The van der Waals surface area contributed by atoms with Gasteiger partial charge < -0.3 is 0 Å². The molecule has 0 radical (unpaired) electrons. The molecule has 0 unspecified atom stereocenters. The Bertz CT molecular complexity index is 555. The molecule has 94 valence electrons. The lowest BCUT2D eigenvalue weighted by Crippen LogP contribution is -2.28. The Kier molecular flexibility index (Phi) is 3.95. The molecule has 0 bridgehead atoms. The second-order valence-corrected chi connectivity index (χ2v) is 7.33. The first-order chi connectivity index (χ1) is 8.43. The van der Waals surface area contributed by atoms with E-state index in [0.29, 0.717) is 9.90 Å². The normalized spacial score (nSPS) is 11.6. The van der Waals surface area contributed by atoms with Crippen molar-refractivity contribution in [2.24, 2.45) is 0 Å². The van der Waals surface area contributed by atoms with Crippen LogP contribution in [0.1, 0.15) is 29.1 Å². The summed E-state index contributed by atoms with van der Waals surface area (Å²) in [6, 6.07) is 11.5. The molecule has 4 heteroatoms. The number of rotatable bonds is 3. The predicted octanol–water partition coefficient (Wildman–Crippen LogP) is 5.32. The largest absolute Gasteiger partial charge is 0.292 e. The molecule has 0 saturated carbocycles. The molecule has 1 aromatic carbocycles. The number of halogens is 2. The third kappa shape index (κ3) is 2.53. The molecule has 0 aliphatic carbocycles. The van der Waals surface area contributed by atoms with E-state index in [-0.39, 0.29) is 5.78 Å². The van der Waals surface area contributed by atoms with Crippen LogP contribution in [0.5, 0.6) is 0 Å². The van der Waals surface area contributed by atoms with E-state index < -0.39 is 5.41 Å². The first-order valence-corrected chi connectivity index (χ1v) is 7.47. The first kappa shape index (κ1) is 13.8. The summed E-state index contributed by atoms with van der Waals surface area (Å²) >= 11 is 10.7. The molecule has 2 aromatic rings. The van der Waals surface area contributed by atoms with Crippen molar-refractivity contribution < 1.29 is 4.79 Å². The molecule has 18 heavy (non-hydrogen) atoms. The van der Waals surface area contributed by atoms with Gasteiger partial charge in [0.15, 0.2) is 5.78 Å². The van der Waals surface area contributed by atoms with E-state index in [1.165, 1.54) is 11.3 Å². The zero-order chi connectivity index (χ0) is 13.3. The lowest BCUT2D eigenvalue weighted by molar-refractivity contribution is 0.0913. The SMILES string of the molecule is CC(C)(C(=O)c1cc(Cl)c(Br)s1)c1ccccc1. The van der Waals surface area contributed by atoms with Gasteiger partial charge in [-0.15, -0.1) is 11.3 Å². The van der Waals surface area contributed by atoms with E-state index >= 15 is 0 Å². The topological polar surface area (TPSA) is 17.1 Å². The second-order valence-electron chi connectivity index (χ2n) is 4.55. The van der Waals surface area contributed by atoms with Gasteiger partial charge in [-0.2, -0.15) is 0 Å². The standard InChI is InChI=1S/C14H12BrClOS/c1-14(2,9-6-4-3-5-7-9)12(17)11-8-10(16)13(15)18-11/h3-8H,1-2H3. The number of carbonyl (C=O) groups excluding carboxylic acids is 1. The Morgan fingerprint density at radius 2 is 1.89 bits per heavy atom. The number of carbonyl (C=O) groups is 1. The Morgan fingerprint density at radius 1 is 1.28 bits per heavy atom. The molecule has 2 rings (SSSR count). The van der Waals surface area contributed by atoms with E-state index in [9.17, 15) is 4.79 Å². The molecule has 1 heterocycles. The number of hydrogen-bond acceptors (Lipinski definition) is 2. The van der Waals surface area contributed by atoms with Crippen molar-refractivity contribution in [2.45, 2.75) is 19.3 Å². The van der Waals surface area contributed by atoms with E-state index in [1.54, 1.807) is 6.07 Å². The average Bonchev–Trinajstić information content (AvgIpc) is 2.69. The van der Waals surface area contributed by atoms with Gasteiger partial charge in [0.1, 0.15) is 0 Å². The van der Waals surface area contributed by atoms with Gasteiger partial charge in [-0.25, -0.2) is 0 Å². The maximum Gasteiger partial charge on any atom is 0.182 e. The number of benzene rings is 1. The molecule has 0 atom stereocenters. The summed E-state index contributed by atoms with van der Waals surface area (Å²) < 4.78 is 0.802. The minimum atomic E-state index is -0.547. The molecule has 0 saturated heterocycles. The minimum Gasteiger partial charge on any atom is -0.292 e. The zero-order valence-electron chi connectivity index (χ0n) is 10.0. The van der Waals surface area contributed by atoms with E-state index in [2.05, 4.69) is 15.9 Å². The molecule has 0 amide bonds. The van der Waals surface area contributed by atoms with Gasteiger partial charge in [-0.05, 0) is 41.4 Å². The Labute approximate surface area is 124 Å². The fraction of sp³-hybridized carbons (Fsp3) is 0.214. The van der Waals surface area contributed by atoms with Crippen LogP contribution in [0.3, 0.4) is 0 Å². The molecule has 0 fully saturated rings. The molecule has 0 spiro atoms. The van der Waals surface area contributed by atoms with Crippen LogP contribution in [-0.4, -0.2) is 5.78 Å². The van der Waals surface area contributed by atoms with Crippen LogP contribution in [0.4, 0.5) is 0 Å². The quantitative estimate of drug-likeness (QED) is 0.689. The maximum absolute atomic E-state index is 12.6. The van der Waals surface area contributed by atoms with E-state index in [0.717, 1.165) is 9.35 Å². The van der Waals surface area contributed by atoms with Crippen LogP contribution >= 0.6 is 38.9 Å². The van der Waals surface area contributed by atoms with Crippen LogP contribution in [-0.2, 0) is 5.41 Å². The zero-order valence-corrected chi connectivity index (χ0v) is 13.2. The molecule has 0 aliphatic heterocycles. The third-order valence-corrected chi connectivity index (χ3v) is 5.41. The van der Waals surface area contributed by atoms with E-state index in [1.807, 2.05) is 44.2 Å².